The highest BCUT2D eigenvalue weighted by Crippen LogP contribution is 2.16. The maximum absolute atomic E-state index is 12.4. The molecule has 1 atom stereocenters. The van der Waals surface area contributed by atoms with E-state index in [0.29, 0.717) is 13.0 Å². The van der Waals surface area contributed by atoms with Gasteiger partial charge in [-0.3, -0.25) is 9.69 Å². The first-order valence-electron chi connectivity index (χ1n) is 10.1. The third-order valence-electron chi connectivity index (χ3n) is 5.30. The monoisotopic (exact) mass is 365 g/mol. The number of carbonyl (C=O) groups excluding carboxylic acids is 1. The molecule has 0 aliphatic carbocycles. The van der Waals surface area contributed by atoms with Crippen molar-refractivity contribution in [3.8, 4) is 0 Å². The first-order chi connectivity index (χ1) is 13.2. The van der Waals surface area contributed by atoms with Crippen molar-refractivity contribution in [2.75, 3.05) is 13.1 Å². The normalized spacial score (nSPS) is 16.5. The summed E-state index contributed by atoms with van der Waals surface area (Å²) in [4.78, 5) is 15.0. The van der Waals surface area contributed by atoms with Gasteiger partial charge in [0.25, 0.3) is 0 Å². The SMILES string of the molecule is NC(Cc1ccccc1)C(=O)NCc1ccccc1CN1CCCCCC1. The summed E-state index contributed by atoms with van der Waals surface area (Å²) in [6.07, 6.45) is 5.81. The van der Waals surface area contributed by atoms with Crippen LogP contribution in [0.2, 0.25) is 0 Å². The van der Waals surface area contributed by atoms with E-state index < -0.39 is 6.04 Å². The van der Waals surface area contributed by atoms with Crippen LogP contribution in [0.4, 0.5) is 0 Å². The second-order valence-electron chi connectivity index (χ2n) is 7.47. The van der Waals surface area contributed by atoms with Gasteiger partial charge in [0.15, 0.2) is 0 Å². The molecule has 1 unspecified atom stereocenters. The molecule has 4 nitrogen and oxygen atoms in total. The van der Waals surface area contributed by atoms with Crippen LogP contribution in [-0.2, 0) is 24.3 Å². The fourth-order valence-corrected chi connectivity index (χ4v) is 3.69. The molecule has 1 aliphatic heterocycles. The van der Waals surface area contributed by atoms with E-state index in [1.165, 1.54) is 49.9 Å². The molecular weight excluding hydrogens is 334 g/mol. The van der Waals surface area contributed by atoms with Crippen LogP contribution in [-0.4, -0.2) is 29.9 Å². The lowest BCUT2D eigenvalue weighted by Gasteiger charge is -2.22. The average molecular weight is 366 g/mol. The van der Waals surface area contributed by atoms with Crippen molar-refractivity contribution in [2.45, 2.75) is 51.2 Å². The number of nitrogens with two attached hydrogens (primary N) is 1. The highest BCUT2D eigenvalue weighted by molar-refractivity contribution is 5.81. The summed E-state index contributed by atoms with van der Waals surface area (Å²) in [5, 5.41) is 3.03. The fraction of sp³-hybridized carbons (Fsp3) is 0.435. The van der Waals surface area contributed by atoms with Gasteiger partial charge in [0.1, 0.15) is 0 Å². The van der Waals surface area contributed by atoms with Crippen molar-refractivity contribution in [1.82, 2.24) is 10.2 Å². The summed E-state index contributed by atoms with van der Waals surface area (Å²) in [6, 6.07) is 17.8. The van der Waals surface area contributed by atoms with Crippen LogP contribution in [0.1, 0.15) is 42.4 Å². The average Bonchev–Trinajstić information content (AvgIpc) is 2.96. The number of benzene rings is 2. The van der Waals surface area contributed by atoms with E-state index in [2.05, 4.69) is 28.4 Å². The van der Waals surface area contributed by atoms with Gasteiger partial charge >= 0.3 is 0 Å². The molecule has 2 aromatic rings. The van der Waals surface area contributed by atoms with Gasteiger partial charge in [-0.15, -0.1) is 0 Å². The first-order valence-corrected chi connectivity index (χ1v) is 10.1. The van der Waals surface area contributed by atoms with E-state index >= 15 is 0 Å². The number of likely N-dealkylation sites (tertiary alicyclic amines) is 1. The minimum absolute atomic E-state index is 0.0940. The molecule has 0 saturated carbocycles. The number of hydrogen-bond acceptors (Lipinski definition) is 3. The molecule has 3 N–H and O–H groups in total. The van der Waals surface area contributed by atoms with Gasteiger partial charge < -0.3 is 11.1 Å². The molecule has 1 heterocycles. The lowest BCUT2D eigenvalue weighted by molar-refractivity contribution is -0.122. The Morgan fingerprint density at radius 3 is 2.26 bits per heavy atom. The minimum atomic E-state index is -0.523. The second-order valence-corrected chi connectivity index (χ2v) is 7.47. The van der Waals surface area contributed by atoms with Gasteiger partial charge in [-0.2, -0.15) is 0 Å². The number of amides is 1. The van der Waals surface area contributed by atoms with E-state index in [4.69, 9.17) is 5.73 Å². The summed E-state index contributed by atoms with van der Waals surface area (Å²) in [5.74, 6) is -0.0940. The summed E-state index contributed by atoms with van der Waals surface area (Å²) >= 11 is 0. The number of nitrogens with one attached hydrogen (secondary N) is 1. The Bertz CT molecular complexity index is 709. The van der Waals surface area contributed by atoms with Crippen molar-refractivity contribution in [2.24, 2.45) is 5.73 Å². The molecular formula is C23H31N3O. The van der Waals surface area contributed by atoms with E-state index in [9.17, 15) is 4.79 Å². The van der Waals surface area contributed by atoms with E-state index in [0.717, 1.165) is 12.1 Å². The maximum Gasteiger partial charge on any atom is 0.237 e. The highest BCUT2D eigenvalue weighted by Gasteiger charge is 2.15. The molecule has 27 heavy (non-hydrogen) atoms. The summed E-state index contributed by atoms with van der Waals surface area (Å²) in [7, 11) is 0. The number of rotatable bonds is 7. The predicted molar refractivity (Wildman–Crippen MR) is 110 cm³/mol. The lowest BCUT2D eigenvalue weighted by atomic mass is 10.0. The smallest absolute Gasteiger partial charge is 0.237 e. The van der Waals surface area contributed by atoms with E-state index in [1.54, 1.807) is 0 Å². The summed E-state index contributed by atoms with van der Waals surface area (Å²) in [5.41, 5.74) is 9.67. The Morgan fingerprint density at radius 1 is 0.926 bits per heavy atom. The van der Waals surface area contributed by atoms with E-state index in [1.807, 2.05) is 36.4 Å². The van der Waals surface area contributed by atoms with Gasteiger partial charge in [-0.05, 0) is 49.0 Å². The Hall–Kier alpha value is -2.17. The number of nitrogens with zero attached hydrogens (tertiary/aromatic N) is 1. The van der Waals surface area contributed by atoms with Crippen molar-refractivity contribution in [3.05, 3.63) is 71.3 Å². The molecule has 1 fully saturated rings. The minimum Gasteiger partial charge on any atom is -0.351 e. The lowest BCUT2D eigenvalue weighted by Crippen LogP contribution is -2.41. The van der Waals surface area contributed by atoms with Gasteiger partial charge in [-0.1, -0.05) is 67.4 Å². The van der Waals surface area contributed by atoms with Gasteiger partial charge in [-0.25, -0.2) is 0 Å². The van der Waals surface area contributed by atoms with Crippen LogP contribution >= 0.6 is 0 Å². The first kappa shape index (κ1) is 19.6. The zero-order valence-electron chi connectivity index (χ0n) is 16.1. The molecule has 0 radical (unpaired) electrons. The molecule has 0 spiro atoms. The molecule has 144 valence electrons. The Kier molecular flexibility index (Phi) is 7.43. The Balaban J connectivity index is 1.54. The Labute approximate surface area is 162 Å². The van der Waals surface area contributed by atoms with Crippen LogP contribution in [0.25, 0.3) is 0 Å². The van der Waals surface area contributed by atoms with Crippen molar-refractivity contribution >= 4 is 5.91 Å². The highest BCUT2D eigenvalue weighted by atomic mass is 16.2. The molecule has 4 heteroatoms. The third kappa shape index (κ3) is 6.19. The van der Waals surface area contributed by atoms with Gasteiger partial charge in [0, 0.05) is 13.1 Å². The van der Waals surface area contributed by atoms with Gasteiger partial charge in [0.05, 0.1) is 6.04 Å². The molecule has 1 saturated heterocycles. The van der Waals surface area contributed by atoms with Crippen LogP contribution in [0.3, 0.4) is 0 Å². The fourth-order valence-electron chi connectivity index (χ4n) is 3.69. The molecule has 1 amide bonds. The van der Waals surface area contributed by atoms with Crippen LogP contribution in [0, 0.1) is 0 Å². The predicted octanol–water partition coefficient (Wildman–Crippen LogP) is 3.25. The van der Waals surface area contributed by atoms with Crippen molar-refractivity contribution in [3.63, 3.8) is 0 Å². The third-order valence-corrected chi connectivity index (χ3v) is 5.30. The molecule has 3 rings (SSSR count). The zero-order valence-corrected chi connectivity index (χ0v) is 16.1. The van der Waals surface area contributed by atoms with Crippen LogP contribution < -0.4 is 11.1 Å². The molecule has 0 bridgehead atoms. The largest absolute Gasteiger partial charge is 0.351 e. The zero-order chi connectivity index (χ0) is 18.9. The Morgan fingerprint density at radius 2 is 1.56 bits per heavy atom. The molecule has 0 aromatic heterocycles. The number of carbonyl (C=O) groups is 1. The molecule has 2 aromatic carbocycles. The summed E-state index contributed by atoms with van der Waals surface area (Å²) < 4.78 is 0. The van der Waals surface area contributed by atoms with Crippen molar-refractivity contribution < 1.29 is 4.79 Å². The second kappa shape index (κ2) is 10.2. The molecule has 1 aliphatic rings. The van der Waals surface area contributed by atoms with Crippen molar-refractivity contribution in [1.29, 1.82) is 0 Å². The van der Waals surface area contributed by atoms with Crippen LogP contribution in [0.15, 0.2) is 54.6 Å². The quantitative estimate of drug-likeness (QED) is 0.792. The van der Waals surface area contributed by atoms with E-state index in [-0.39, 0.29) is 5.91 Å². The number of hydrogen-bond donors (Lipinski definition) is 2. The van der Waals surface area contributed by atoms with Crippen LogP contribution in [0.5, 0.6) is 0 Å². The topological polar surface area (TPSA) is 58.4 Å². The standard InChI is InChI=1S/C23H31N3O/c24-22(16-19-10-4-3-5-11-19)23(27)25-17-20-12-6-7-13-21(20)18-26-14-8-1-2-9-15-26/h3-7,10-13,22H,1-2,8-9,14-18,24H2,(H,25,27). The maximum atomic E-state index is 12.4. The van der Waals surface area contributed by atoms with Gasteiger partial charge in [0.2, 0.25) is 5.91 Å². The summed E-state index contributed by atoms with van der Waals surface area (Å²) in [6.45, 7) is 3.83.